The van der Waals surface area contributed by atoms with Crippen LogP contribution in [0.1, 0.15) is 27.2 Å². The van der Waals surface area contributed by atoms with Crippen LogP contribution in [0, 0.1) is 11.8 Å². The minimum atomic E-state index is -1.54. The van der Waals surface area contributed by atoms with E-state index in [9.17, 15) is 23.7 Å². The third-order valence-electron chi connectivity index (χ3n) is 4.21. The molecule has 0 aromatic rings. The summed E-state index contributed by atoms with van der Waals surface area (Å²) < 4.78 is 12.5. The lowest BCUT2D eigenvalue weighted by molar-refractivity contribution is -0.156. The van der Waals surface area contributed by atoms with Gasteiger partial charge in [0.2, 0.25) is 11.8 Å². The van der Waals surface area contributed by atoms with Gasteiger partial charge in [0.1, 0.15) is 5.70 Å². The molecular formula is C14H20N2O5S. The van der Waals surface area contributed by atoms with Crippen LogP contribution in [-0.2, 0) is 25.2 Å². The Morgan fingerprint density at radius 2 is 2.05 bits per heavy atom. The average Bonchev–Trinajstić information content (AvgIpc) is 2.69. The smallest absolute Gasteiger partial charge is 0.353 e. The van der Waals surface area contributed by atoms with E-state index in [1.807, 2.05) is 13.8 Å². The Kier molecular flexibility index (Phi) is 4.69. The number of carbonyl (C=O) groups excluding carboxylic acids is 2. The van der Waals surface area contributed by atoms with Gasteiger partial charge in [-0.05, 0) is 6.42 Å². The van der Waals surface area contributed by atoms with Crippen LogP contribution in [0.2, 0.25) is 0 Å². The zero-order valence-electron chi connectivity index (χ0n) is 12.8. The van der Waals surface area contributed by atoms with E-state index in [4.69, 9.17) is 0 Å². The van der Waals surface area contributed by atoms with E-state index in [1.54, 1.807) is 0 Å². The quantitative estimate of drug-likeness (QED) is 0.671. The Labute approximate surface area is 131 Å². The van der Waals surface area contributed by atoms with Crippen molar-refractivity contribution in [2.75, 3.05) is 12.3 Å². The van der Waals surface area contributed by atoms with Gasteiger partial charge >= 0.3 is 5.97 Å². The van der Waals surface area contributed by atoms with Crippen molar-refractivity contribution in [1.82, 2.24) is 10.2 Å². The molecule has 0 bridgehead atoms. The van der Waals surface area contributed by atoms with E-state index >= 15 is 0 Å². The van der Waals surface area contributed by atoms with Gasteiger partial charge in [-0.15, -0.1) is 0 Å². The molecule has 1 saturated heterocycles. The maximum atomic E-state index is 12.5. The fourth-order valence-electron chi connectivity index (χ4n) is 3.26. The first-order valence-electron chi connectivity index (χ1n) is 7.24. The molecule has 0 saturated carbocycles. The molecule has 2 aliphatic heterocycles. The van der Waals surface area contributed by atoms with Gasteiger partial charge in [-0.3, -0.25) is 13.8 Å². The molecule has 7 nitrogen and oxygen atoms in total. The number of nitrogens with one attached hydrogen (secondary N) is 1. The van der Waals surface area contributed by atoms with Crippen LogP contribution >= 0.6 is 0 Å². The second-order valence-corrected chi connectivity index (χ2v) is 7.09. The van der Waals surface area contributed by atoms with Crippen molar-refractivity contribution in [2.24, 2.45) is 11.8 Å². The van der Waals surface area contributed by atoms with Crippen LogP contribution in [0.15, 0.2) is 10.6 Å². The summed E-state index contributed by atoms with van der Waals surface area (Å²) in [5.74, 6) is -1.96. The molecule has 1 fully saturated rings. The molecule has 2 amide bonds. The Hall–Kier alpha value is -1.70. The number of nitrogens with zero attached hydrogens (tertiary/aromatic N) is 1. The third-order valence-corrected chi connectivity index (χ3v) is 5.84. The molecule has 0 aromatic carbocycles. The summed E-state index contributed by atoms with van der Waals surface area (Å²) in [6.45, 7) is 5.27. The number of β-lactam (4-membered cyclic amide) rings is 1. The number of carbonyl (C=O) groups is 3. The van der Waals surface area contributed by atoms with Crippen molar-refractivity contribution in [2.45, 2.75) is 33.2 Å². The topological polar surface area (TPSA) is 104 Å². The van der Waals surface area contributed by atoms with E-state index in [2.05, 4.69) is 5.32 Å². The molecule has 0 aliphatic carbocycles. The lowest BCUT2D eigenvalue weighted by atomic mass is 9.81. The number of amides is 2. The molecule has 0 aromatic heterocycles. The summed E-state index contributed by atoms with van der Waals surface area (Å²) in [6, 6.07) is -0.205. The maximum Gasteiger partial charge on any atom is 0.353 e. The van der Waals surface area contributed by atoms with Crippen LogP contribution in [-0.4, -0.2) is 50.3 Å². The highest BCUT2D eigenvalue weighted by Crippen LogP contribution is 2.47. The summed E-state index contributed by atoms with van der Waals surface area (Å²) in [6.07, 6.45) is 0.642. The van der Waals surface area contributed by atoms with Crippen molar-refractivity contribution in [3.8, 4) is 0 Å². The average molecular weight is 328 g/mol. The summed E-state index contributed by atoms with van der Waals surface area (Å²) in [5, 5.41) is 11.9. The first kappa shape index (κ1) is 16.7. The van der Waals surface area contributed by atoms with Crippen molar-refractivity contribution < 1.29 is 23.7 Å². The summed E-state index contributed by atoms with van der Waals surface area (Å²) in [7, 11) is -1.54. The van der Waals surface area contributed by atoms with Gasteiger partial charge < -0.3 is 15.3 Å². The SMILES string of the molecule is CCC1C(=O)N2C(C(=O)O)=C(S(=O)CCNC(C)=O)C(C)C12. The van der Waals surface area contributed by atoms with Gasteiger partial charge in [0.25, 0.3) is 0 Å². The lowest BCUT2D eigenvalue weighted by Gasteiger charge is -2.44. The fraction of sp³-hybridized carbons (Fsp3) is 0.643. The van der Waals surface area contributed by atoms with Gasteiger partial charge in [0, 0.05) is 25.1 Å². The monoisotopic (exact) mass is 328 g/mol. The molecule has 2 rings (SSSR count). The van der Waals surface area contributed by atoms with E-state index in [1.165, 1.54) is 11.8 Å². The molecule has 4 atom stereocenters. The van der Waals surface area contributed by atoms with Gasteiger partial charge in [-0.1, -0.05) is 13.8 Å². The molecule has 2 aliphatic rings. The molecule has 4 unspecified atom stereocenters. The van der Waals surface area contributed by atoms with E-state index < -0.39 is 16.8 Å². The highest BCUT2D eigenvalue weighted by atomic mass is 32.2. The second-order valence-electron chi connectivity index (χ2n) is 5.55. The van der Waals surface area contributed by atoms with Gasteiger partial charge in [0.05, 0.1) is 27.7 Å². The van der Waals surface area contributed by atoms with Crippen LogP contribution in [0.25, 0.3) is 0 Å². The number of carboxylic acids is 1. The lowest BCUT2D eigenvalue weighted by Crippen LogP contribution is -2.60. The zero-order chi connectivity index (χ0) is 16.6. The molecule has 0 radical (unpaired) electrons. The molecule has 122 valence electrons. The first-order chi connectivity index (χ1) is 10.3. The van der Waals surface area contributed by atoms with E-state index in [-0.39, 0.29) is 47.7 Å². The largest absolute Gasteiger partial charge is 0.477 e. The molecule has 22 heavy (non-hydrogen) atoms. The number of fused-ring (bicyclic) bond motifs is 1. The maximum absolute atomic E-state index is 12.5. The van der Waals surface area contributed by atoms with Gasteiger partial charge in [-0.2, -0.15) is 0 Å². The number of carboxylic acid groups (broad SMARTS) is 1. The van der Waals surface area contributed by atoms with E-state index in [0.29, 0.717) is 11.3 Å². The van der Waals surface area contributed by atoms with Crippen molar-refractivity contribution in [1.29, 1.82) is 0 Å². The normalized spacial score (nSPS) is 28.2. The predicted octanol–water partition coefficient (Wildman–Crippen LogP) is 0.0541. The minimum Gasteiger partial charge on any atom is -0.477 e. The molecule has 8 heteroatoms. The molecular weight excluding hydrogens is 308 g/mol. The Bertz CT molecular complexity index is 586. The number of hydrogen-bond acceptors (Lipinski definition) is 4. The van der Waals surface area contributed by atoms with Gasteiger partial charge in [-0.25, -0.2) is 4.79 Å². The van der Waals surface area contributed by atoms with Crippen LogP contribution in [0.3, 0.4) is 0 Å². The van der Waals surface area contributed by atoms with Crippen molar-refractivity contribution >= 4 is 28.6 Å². The highest BCUT2D eigenvalue weighted by Gasteiger charge is 2.58. The Balaban J connectivity index is 2.24. The van der Waals surface area contributed by atoms with Crippen LogP contribution in [0.4, 0.5) is 0 Å². The summed E-state index contributed by atoms with van der Waals surface area (Å²) >= 11 is 0. The zero-order valence-corrected chi connectivity index (χ0v) is 13.6. The van der Waals surface area contributed by atoms with Crippen molar-refractivity contribution in [3.63, 3.8) is 0 Å². The standard InChI is InChI=1S/C14H20N2O5S/c1-4-9-10-7(2)12(22(21)6-5-15-8(3)17)11(14(19)20)16(10)13(9)18/h7,9-10H,4-6H2,1-3H3,(H,15,17)(H,19,20). The minimum absolute atomic E-state index is 0.131. The highest BCUT2D eigenvalue weighted by molar-refractivity contribution is 7.89. The summed E-state index contributed by atoms with van der Waals surface area (Å²) in [5.41, 5.74) is -0.131. The number of rotatable bonds is 6. The second kappa shape index (κ2) is 6.20. The first-order valence-corrected chi connectivity index (χ1v) is 8.56. The molecule has 0 spiro atoms. The van der Waals surface area contributed by atoms with Crippen molar-refractivity contribution in [3.05, 3.63) is 10.6 Å². The molecule has 2 N–H and O–H groups in total. The summed E-state index contributed by atoms with van der Waals surface area (Å²) in [4.78, 5) is 36.0. The fourth-order valence-corrected chi connectivity index (χ4v) is 4.72. The predicted molar refractivity (Wildman–Crippen MR) is 79.9 cm³/mol. The number of aliphatic carboxylic acids is 1. The van der Waals surface area contributed by atoms with Gasteiger partial charge in [0.15, 0.2) is 0 Å². The van der Waals surface area contributed by atoms with Crippen LogP contribution in [0.5, 0.6) is 0 Å². The Morgan fingerprint density at radius 3 is 2.55 bits per heavy atom. The third kappa shape index (κ3) is 2.55. The molecule has 2 heterocycles. The van der Waals surface area contributed by atoms with Crippen LogP contribution < -0.4 is 5.32 Å². The van der Waals surface area contributed by atoms with E-state index in [0.717, 1.165) is 0 Å². The Morgan fingerprint density at radius 1 is 1.41 bits per heavy atom. The number of hydrogen-bond donors (Lipinski definition) is 2.